The maximum atomic E-state index is 13.4. The fourth-order valence-electron chi connectivity index (χ4n) is 3.24. The number of halogens is 6. The van der Waals surface area contributed by atoms with Gasteiger partial charge < -0.3 is 25.8 Å². The number of aliphatic hydroxyl groups excluding tert-OH is 3. The minimum Gasteiger partial charge on any atom is -0.394 e. The van der Waals surface area contributed by atoms with Gasteiger partial charge in [0.15, 0.2) is 22.3 Å². The van der Waals surface area contributed by atoms with E-state index in [1.807, 2.05) is 0 Å². The quantitative estimate of drug-likeness (QED) is 0.274. The van der Waals surface area contributed by atoms with E-state index in [1.165, 1.54) is 0 Å². The summed E-state index contributed by atoms with van der Waals surface area (Å²) in [5.41, 5.74) is 2.54. The predicted octanol–water partition coefficient (Wildman–Crippen LogP) is 1.17. The van der Waals surface area contributed by atoms with Crippen LogP contribution >= 0.6 is 11.8 Å². The van der Waals surface area contributed by atoms with Crippen molar-refractivity contribution in [3.8, 4) is 0 Å². The second kappa shape index (κ2) is 8.23. The van der Waals surface area contributed by atoms with Crippen molar-refractivity contribution in [3.63, 3.8) is 0 Å². The molecule has 1 fully saturated rings. The van der Waals surface area contributed by atoms with Crippen molar-refractivity contribution in [2.45, 2.75) is 54.4 Å². The first kappa shape index (κ1) is 23.8. The molecule has 4 atom stereocenters. The molecule has 16 heteroatoms. The Morgan fingerprint density at radius 1 is 1.16 bits per heavy atom. The van der Waals surface area contributed by atoms with Gasteiger partial charge in [-0.1, -0.05) is 11.8 Å². The number of nitrogens with zero attached hydrogens (tertiary/aromatic N) is 4. The van der Waals surface area contributed by atoms with E-state index in [0.717, 1.165) is 6.33 Å². The first-order valence-corrected chi connectivity index (χ1v) is 9.68. The summed E-state index contributed by atoms with van der Waals surface area (Å²) in [5.74, 6) is -0.784. The summed E-state index contributed by atoms with van der Waals surface area (Å²) >= 11 is 0.571. The molecule has 0 bridgehead atoms. The molecule has 174 valence electrons. The summed E-state index contributed by atoms with van der Waals surface area (Å²) in [7, 11) is 0. The third kappa shape index (κ3) is 4.82. The Balaban J connectivity index is 2.07. The molecule has 0 unspecified atom stereocenters. The van der Waals surface area contributed by atoms with Gasteiger partial charge in [0.05, 0.1) is 25.8 Å². The minimum atomic E-state index is -4.90. The molecule has 9 nitrogen and oxygen atoms in total. The molecule has 5 N–H and O–H groups in total. The molecule has 0 aliphatic carbocycles. The Kier molecular flexibility index (Phi) is 6.31. The Labute approximate surface area is 174 Å². The van der Waals surface area contributed by atoms with Crippen LogP contribution in [0.4, 0.5) is 32.2 Å². The number of thioether (sulfide) groups is 1. The van der Waals surface area contributed by atoms with Crippen LogP contribution in [0, 0.1) is 0 Å². The van der Waals surface area contributed by atoms with Gasteiger partial charge in [-0.2, -0.15) is 26.3 Å². The minimum absolute atomic E-state index is 0.181. The van der Waals surface area contributed by atoms with Crippen molar-refractivity contribution in [1.82, 2.24) is 19.5 Å². The lowest BCUT2D eigenvalue weighted by Gasteiger charge is -2.34. The van der Waals surface area contributed by atoms with Crippen molar-refractivity contribution in [1.29, 1.82) is 0 Å². The van der Waals surface area contributed by atoms with E-state index in [1.54, 1.807) is 0 Å². The monoisotopic (exact) mass is 477 g/mol. The van der Waals surface area contributed by atoms with Gasteiger partial charge in [-0.15, -0.1) is 0 Å². The van der Waals surface area contributed by atoms with Crippen LogP contribution in [0.15, 0.2) is 11.5 Å². The average Bonchev–Trinajstić information content (AvgIpc) is 3.15. The number of ether oxygens (including phenoxy) is 1. The molecule has 2 aromatic heterocycles. The zero-order valence-corrected chi connectivity index (χ0v) is 16.2. The van der Waals surface area contributed by atoms with E-state index >= 15 is 0 Å². The molecule has 0 spiro atoms. The number of alkyl halides is 6. The highest BCUT2D eigenvalue weighted by molar-refractivity contribution is 7.99. The third-order valence-corrected chi connectivity index (χ3v) is 5.43. The molecule has 0 radical (unpaired) electrons. The summed E-state index contributed by atoms with van der Waals surface area (Å²) in [5, 5.41) is 29.5. The predicted molar refractivity (Wildman–Crippen MR) is 93.7 cm³/mol. The highest BCUT2D eigenvalue weighted by atomic mass is 32.2. The van der Waals surface area contributed by atoms with Crippen LogP contribution in [0.25, 0.3) is 11.2 Å². The number of rotatable bonds is 6. The number of imidazole rings is 1. The standard InChI is InChI=1S/C15H17F6N5O4S/c16-14(17,18)1-2-31-12-24-10(22)7-11(25-12)26(5-23-7)13(4-15(19,20)21)9(29)8(28)6(3-27)30-13/h5-6,8-9,27-29H,1-4H2,(H2,22,24,25)/t6-,8-,9-,13-/m1/s1. The molecule has 3 rings (SSSR count). The topological polar surface area (TPSA) is 140 Å². The molecule has 3 heterocycles. The summed E-state index contributed by atoms with van der Waals surface area (Å²) in [4.78, 5) is 11.6. The van der Waals surface area contributed by atoms with Crippen molar-refractivity contribution < 1.29 is 46.4 Å². The van der Waals surface area contributed by atoms with Crippen LogP contribution in [-0.2, 0) is 10.5 Å². The highest BCUT2D eigenvalue weighted by Gasteiger charge is 2.60. The number of aliphatic hydroxyl groups is 3. The van der Waals surface area contributed by atoms with Crippen molar-refractivity contribution >= 4 is 28.7 Å². The first-order valence-electron chi connectivity index (χ1n) is 8.69. The van der Waals surface area contributed by atoms with Gasteiger partial charge in [0.25, 0.3) is 0 Å². The molecule has 0 amide bonds. The molecule has 31 heavy (non-hydrogen) atoms. The largest absolute Gasteiger partial charge is 0.394 e. The Hall–Kier alpha value is -1.88. The number of nitrogens with two attached hydrogens (primary N) is 1. The third-order valence-electron chi connectivity index (χ3n) is 4.58. The SMILES string of the molecule is Nc1nc(SCCC(F)(F)F)nc2c1ncn2[C@]1(CC(F)(F)F)O[C@H](CO)[C@@H](O)[C@H]1O. The van der Waals surface area contributed by atoms with E-state index < -0.39 is 61.6 Å². The molecule has 2 aromatic rings. The van der Waals surface area contributed by atoms with Gasteiger partial charge in [0.1, 0.15) is 23.8 Å². The molecular formula is C15H17F6N5O4S. The summed E-state index contributed by atoms with van der Waals surface area (Å²) in [6.07, 6.45) is -17.0. The van der Waals surface area contributed by atoms with Crippen LogP contribution in [-0.4, -0.2) is 77.9 Å². The lowest BCUT2D eigenvalue weighted by atomic mass is 9.98. The molecule has 1 saturated heterocycles. The normalized spacial score (nSPS) is 27.3. The second-order valence-electron chi connectivity index (χ2n) is 6.80. The number of hydrogen-bond donors (Lipinski definition) is 4. The Morgan fingerprint density at radius 2 is 1.84 bits per heavy atom. The van der Waals surface area contributed by atoms with Gasteiger partial charge in [-0.05, 0) is 0 Å². The van der Waals surface area contributed by atoms with Crippen molar-refractivity contribution in [2.75, 3.05) is 18.1 Å². The maximum absolute atomic E-state index is 13.4. The van der Waals surface area contributed by atoms with E-state index in [0.29, 0.717) is 16.3 Å². The van der Waals surface area contributed by atoms with E-state index in [4.69, 9.17) is 10.5 Å². The van der Waals surface area contributed by atoms with Crippen LogP contribution < -0.4 is 5.73 Å². The smallest absolute Gasteiger partial charge is 0.393 e. The van der Waals surface area contributed by atoms with E-state index in [2.05, 4.69) is 15.0 Å². The first-order chi connectivity index (χ1) is 14.3. The van der Waals surface area contributed by atoms with Crippen LogP contribution in [0.2, 0.25) is 0 Å². The zero-order valence-electron chi connectivity index (χ0n) is 15.4. The zero-order chi connectivity index (χ0) is 23.2. The molecular weight excluding hydrogens is 460 g/mol. The van der Waals surface area contributed by atoms with Crippen molar-refractivity contribution in [3.05, 3.63) is 6.33 Å². The van der Waals surface area contributed by atoms with Crippen LogP contribution in [0.3, 0.4) is 0 Å². The van der Waals surface area contributed by atoms with Gasteiger partial charge in [0, 0.05) is 5.75 Å². The Bertz CT molecular complexity index is 941. The summed E-state index contributed by atoms with van der Waals surface area (Å²) < 4.78 is 83.2. The maximum Gasteiger partial charge on any atom is 0.393 e. The second-order valence-corrected chi connectivity index (χ2v) is 7.86. The van der Waals surface area contributed by atoms with Gasteiger partial charge in [-0.25, -0.2) is 15.0 Å². The molecule has 1 aliphatic rings. The van der Waals surface area contributed by atoms with Crippen molar-refractivity contribution in [2.24, 2.45) is 0 Å². The fourth-order valence-corrected chi connectivity index (χ4v) is 4.07. The van der Waals surface area contributed by atoms with Gasteiger partial charge in [-0.3, -0.25) is 4.57 Å². The molecule has 0 aromatic carbocycles. The van der Waals surface area contributed by atoms with E-state index in [-0.39, 0.29) is 22.1 Å². The highest BCUT2D eigenvalue weighted by Crippen LogP contribution is 2.45. The van der Waals surface area contributed by atoms with Crippen LogP contribution in [0.1, 0.15) is 12.8 Å². The summed E-state index contributed by atoms with van der Waals surface area (Å²) in [6, 6.07) is 0. The van der Waals surface area contributed by atoms with Gasteiger partial charge >= 0.3 is 12.4 Å². The fraction of sp³-hybridized carbons (Fsp3) is 0.667. The van der Waals surface area contributed by atoms with Gasteiger partial charge in [0.2, 0.25) is 0 Å². The Morgan fingerprint density at radius 3 is 2.39 bits per heavy atom. The number of hydrogen-bond acceptors (Lipinski definition) is 9. The molecule has 1 aliphatic heterocycles. The average molecular weight is 477 g/mol. The lowest BCUT2D eigenvalue weighted by Crippen LogP contribution is -2.48. The van der Waals surface area contributed by atoms with E-state index in [9.17, 15) is 41.7 Å². The number of aromatic nitrogens is 4. The number of fused-ring (bicyclic) bond motifs is 1. The lowest BCUT2D eigenvalue weighted by molar-refractivity contribution is -0.231. The number of anilines is 1. The number of nitrogen functional groups attached to an aromatic ring is 1. The van der Waals surface area contributed by atoms with Crippen LogP contribution in [0.5, 0.6) is 0 Å². The summed E-state index contributed by atoms with van der Waals surface area (Å²) in [6.45, 7) is -0.889. The molecule has 0 saturated carbocycles.